The van der Waals surface area contributed by atoms with Gasteiger partial charge >= 0.3 is 6.09 Å². The van der Waals surface area contributed by atoms with E-state index in [0.29, 0.717) is 28.4 Å². The second-order valence-electron chi connectivity index (χ2n) is 7.14. The first-order valence-corrected chi connectivity index (χ1v) is 8.55. The van der Waals surface area contributed by atoms with Gasteiger partial charge in [-0.1, -0.05) is 12.1 Å². The molecule has 2 aromatic rings. The molecule has 0 aliphatic carbocycles. The molecule has 1 aromatic carbocycles. The first kappa shape index (κ1) is 18.6. The molecule has 1 spiro atoms. The average Bonchev–Trinajstić information content (AvgIpc) is 2.56. The van der Waals surface area contributed by atoms with E-state index < -0.39 is 0 Å². The molecule has 0 unspecified atom stereocenters. The van der Waals surface area contributed by atoms with Gasteiger partial charge in [0.1, 0.15) is 11.6 Å². The summed E-state index contributed by atoms with van der Waals surface area (Å²) < 4.78 is 5.29. The van der Waals surface area contributed by atoms with Gasteiger partial charge in [0.2, 0.25) is 0 Å². The lowest BCUT2D eigenvalue weighted by atomic mass is 9.73. The highest BCUT2D eigenvalue weighted by Crippen LogP contribution is 2.39. The van der Waals surface area contributed by atoms with E-state index in [4.69, 9.17) is 27.7 Å². The maximum Gasteiger partial charge on any atom is 0.415 e. The number of rotatable bonds is 1. The molecule has 0 saturated carbocycles. The van der Waals surface area contributed by atoms with E-state index in [0.717, 1.165) is 26.2 Å². The molecular formula is C18H25N7O2. The van der Waals surface area contributed by atoms with Gasteiger partial charge in [-0.05, 0) is 31.3 Å². The van der Waals surface area contributed by atoms with Crippen molar-refractivity contribution in [2.24, 2.45) is 5.41 Å². The van der Waals surface area contributed by atoms with Crippen LogP contribution < -0.4 is 27.7 Å². The van der Waals surface area contributed by atoms with Crippen LogP contribution >= 0.6 is 0 Å². The lowest BCUT2D eigenvalue weighted by molar-refractivity contribution is -0.0891. The number of nitrogens with zero attached hydrogens (tertiary/aromatic N) is 3. The number of amides is 1. The number of nitrogen functional groups attached to an aromatic ring is 4. The molecule has 0 bridgehead atoms. The van der Waals surface area contributed by atoms with Crippen molar-refractivity contribution in [3.8, 4) is 5.75 Å². The summed E-state index contributed by atoms with van der Waals surface area (Å²) in [5.41, 5.74) is 22.9. The Balaban J connectivity index is 0.000000197. The van der Waals surface area contributed by atoms with E-state index >= 15 is 0 Å². The summed E-state index contributed by atoms with van der Waals surface area (Å²) in [6, 6.07) is 10.3. The van der Waals surface area contributed by atoms with Gasteiger partial charge in [0, 0.05) is 31.6 Å². The second-order valence-corrected chi connectivity index (χ2v) is 7.14. The Bertz CT molecular complexity index is 828. The van der Waals surface area contributed by atoms with Crippen LogP contribution in [-0.2, 0) is 0 Å². The molecule has 2 aliphatic heterocycles. The van der Waals surface area contributed by atoms with Crippen LogP contribution in [0.3, 0.4) is 0 Å². The molecule has 9 nitrogen and oxygen atoms in total. The summed E-state index contributed by atoms with van der Waals surface area (Å²) in [5, 5.41) is 0. The van der Waals surface area contributed by atoms with Crippen molar-refractivity contribution in [3.63, 3.8) is 0 Å². The van der Waals surface area contributed by atoms with Crippen LogP contribution in [0.5, 0.6) is 5.75 Å². The fourth-order valence-corrected chi connectivity index (χ4v) is 3.42. The largest absolute Gasteiger partial charge is 0.415 e. The van der Waals surface area contributed by atoms with Gasteiger partial charge in [-0.3, -0.25) is 0 Å². The summed E-state index contributed by atoms with van der Waals surface area (Å²) >= 11 is 0. The number of carbonyl (C=O) groups is 1. The van der Waals surface area contributed by atoms with E-state index in [9.17, 15) is 4.79 Å². The molecule has 2 aliphatic rings. The van der Waals surface area contributed by atoms with Gasteiger partial charge < -0.3 is 37.5 Å². The number of ether oxygens (including phenoxy) is 1. The summed E-state index contributed by atoms with van der Waals surface area (Å²) in [4.78, 5) is 19.6. The third-order valence-electron chi connectivity index (χ3n) is 4.62. The molecule has 2 saturated heterocycles. The third-order valence-corrected chi connectivity index (χ3v) is 4.62. The molecular weight excluding hydrogens is 346 g/mol. The van der Waals surface area contributed by atoms with E-state index in [1.54, 1.807) is 35.2 Å². The van der Waals surface area contributed by atoms with Gasteiger partial charge in [-0.2, -0.15) is 0 Å². The number of hydrogen-bond acceptors (Lipinski definition) is 8. The van der Waals surface area contributed by atoms with Crippen molar-refractivity contribution in [2.45, 2.75) is 0 Å². The Hall–Kier alpha value is -3.20. The topological polar surface area (TPSA) is 150 Å². The Morgan fingerprint density at radius 1 is 1.00 bits per heavy atom. The number of benzene rings is 1. The van der Waals surface area contributed by atoms with Gasteiger partial charge in [-0.25, -0.2) is 9.78 Å². The van der Waals surface area contributed by atoms with Crippen LogP contribution in [0.1, 0.15) is 0 Å². The van der Waals surface area contributed by atoms with Crippen LogP contribution in [0.2, 0.25) is 0 Å². The highest BCUT2D eigenvalue weighted by molar-refractivity contribution is 5.74. The third kappa shape index (κ3) is 4.14. The summed E-state index contributed by atoms with van der Waals surface area (Å²) in [6.45, 7) is 3.74. The molecule has 27 heavy (non-hydrogen) atoms. The normalized spacial score (nSPS) is 17.3. The molecule has 3 heterocycles. The molecule has 0 radical (unpaired) electrons. The summed E-state index contributed by atoms with van der Waals surface area (Å²) in [5.74, 6) is 1.12. The molecule has 144 valence electrons. The molecule has 8 N–H and O–H groups in total. The van der Waals surface area contributed by atoms with Crippen LogP contribution in [0.25, 0.3) is 0 Å². The molecule has 9 heteroatoms. The van der Waals surface area contributed by atoms with Crippen molar-refractivity contribution in [1.82, 2.24) is 14.8 Å². The smallest absolute Gasteiger partial charge is 0.408 e. The fourth-order valence-electron chi connectivity index (χ4n) is 3.42. The standard InChI is InChI=1S/C13H17N3O2.C5H8N4/c1-15-6-13(7-15)8-16(9-13)12(17)18-11-5-3-2-4-10(11)14;6-3-1-2-4(7)9-5(3)8/h2-5H,6-9,14H2,1H3;1-2H,6H2,(H4,7,8,9). The minimum absolute atomic E-state index is 0.287. The number of anilines is 4. The van der Waals surface area contributed by atoms with E-state index in [-0.39, 0.29) is 11.9 Å². The highest BCUT2D eigenvalue weighted by atomic mass is 16.6. The predicted octanol–water partition coefficient (Wildman–Crippen LogP) is 0.843. The number of nitrogens with two attached hydrogens (primary N) is 4. The Morgan fingerprint density at radius 3 is 2.22 bits per heavy atom. The average molecular weight is 371 g/mol. The van der Waals surface area contributed by atoms with Gasteiger partial charge in [0.15, 0.2) is 5.75 Å². The minimum atomic E-state index is -0.298. The van der Waals surface area contributed by atoms with E-state index in [1.165, 1.54) is 0 Å². The zero-order chi connectivity index (χ0) is 19.6. The Kier molecular flexibility index (Phi) is 4.95. The molecule has 4 rings (SSSR count). The monoisotopic (exact) mass is 371 g/mol. The maximum absolute atomic E-state index is 11.9. The quantitative estimate of drug-likeness (QED) is 0.539. The van der Waals surface area contributed by atoms with Crippen LogP contribution in [0.4, 0.5) is 27.8 Å². The number of para-hydroxylation sites is 2. The minimum Gasteiger partial charge on any atom is -0.408 e. The van der Waals surface area contributed by atoms with Gasteiger partial charge in [0.05, 0.1) is 11.4 Å². The number of aromatic nitrogens is 1. The lowest BCUT2D eigenvalue weighted by Crippen LogP contribution is -2.72. The first-order valence-electron chi connectivity index (χ1n) is 8.55. The SMILES string of the molecule is CN1CC2(C1)CN(C(=O)Oc1ccccc1N)C2.Nc1ccc(N)c(N)n1. The zero-order valence-corrected chi connectivity index (χ0v) is 15.3. The molecule has 1 aromatic heterocycles. The molecule has 1 amide bonds. The highest BCUT2D eigenvalue weighted by Gasteiger charge is 2.52. The Morgan fingerprint density at radius 2 is 1.67 bits per heavy atom. The fraction of sp³-hybridized carbons (Fsp3) is 0.333. The molecule has 2 fully saturated rings. The zero-order valence-electron chi connectivity index (χ0n) is 15.3. The first-order chi connectivity index (χ1) is 12.8. The van der Waals surface area contributed by atoms with Gasteiger partial charge in [-0.15, -0.1) is 0 Å². The number of hydrogen-bond donors (Lipinski definition) is 4. The second kappa shape index (κ2) is 7.20. The Labute approximate surface area is 157 Å². The summed E-state index contributed by atoms with van der Waals surface area (Å²) in [7, 11) is 2.09. The lowest BCUT2D eigenvalue weighted by Gasteiger charge is -2.58. The van der Waals surface area contributed by atoms with Crippen LogP contribution in [-0.4, -0.2) is 54.1 Å². The van der Waals surface area contributed by atoms with Crippen molar-refractivity contribution in [2.75, 3.05) is 56.2 Å². The van der Waals surface area contributed by atoms with E-state index in [2.05, 4.69) is 16.9 Å². The maximum atomic E-state index is 11.9. The van der Waals surface area contributed by atoms with Crippen molar-refractivity contribution >= 4 is 29.1 Å². The number of likely N-dealkylation sites (tertiary alicyclic amines) is 2. The molecule has 0 atom stereocenters. The van der Waals surface area contributed by atoms with Gasteiger partial charge in [0.25, 0.3) is 0 Å². The number of pyridine rings is 1. The predicted molar refractivity (Wildman–Crippen MR) is 106 cm³/mol. The van der Waals surface area contributed by atoms with E-state index in [1.807, 2.05) is 6.07 Å². The number of carbonyl (C=O) groups excluding carboxylic acids is 1. The summed E-state index contributed by atoms with van der Waals surface area (Å²) in [6.07, 6.45) is -0.298. The van der Waals surface area contributed by atoms with Crippen molar-refractivity contribution in [1.29, 1.82) is 0 Å². The van der Waals surface area contributed by atoms with Crippen LogP contribution in [0.15, 0.2) is 36.4 Å². The van der Waals surface area contributed by atoms with Crippen LogP contribution in [0, 0.1) is 5.41 Å². The van der Waals surface area contributed by atoms with Crippen molar-refractivity contribution < 1.29 is 9.53 Å². The van der Waals surface area contributed by atoms with Crippen molar-refractivity contribution in [3.05, 3.63) is 36.4 Å².